The van der Waals surface area contributed by atoms with Gasteiger partial charge in [0.25, 0.3) is 5.91 Å². The molecule has 2 amide bonds. The van der Waals surface area contributed by atoms with Crippen molar-refractivity contribution in [3.63, 3.8) is 0 Å². The summed E-state index contributed by atoms with van der Waals surface area (Å²) in [5.41, 5.74) is 2.46. The Morgan fingerprint density at radius 1 is 0.962 bits per heavy atom. The van der Waals surface area contributed by atoms with Crippen LogP contribution in [0.4, 0.5) is 0 Å². The number of ether oxygens (including phenoxy) is 1. The molecule has 2 aromatic rings. The van der Waals surface area contributed by atoms with Gasteiger partial charge in [-0.05, 0) is 29.3 Å². The van der Waals surface area contributed by atoms with E-state index < -0.39 is 0 Å². The molecule has 0 spiro atoms. The maximum atomic E-state index is 13.1. The molecule has 0 bridgehead atoms. The number of hydrogen-bond acceptors (Lipinski definition) is 3. The fraction of sp³-hybridized carbons (Fsp3) is 0.238. The van der Waals surface area contributed by atoms with Crippen LogP contribution in [0.3, 0.4) is 0 Å². The third-order valence-electron chi connectivity index (χ3n) is 4.49. The summed E-state index contributed by atoms with van der Waals surface area (Å²) in [4.78, 5) is 27.5. The Labute approximate surface area is 153 Å². The molecule has 1 fully saturated rings. The topological polar surface area (TPSA) is 49.9 Å². The fourth-order valence-electron chi connectivity index (χ4n) is 2.95. The van der Waals surface area contributed by atoms with Gasteiger partial charge < -0.3 is 14.5 Å². The Kier molecular flexibility index (Phi) is 5.69. The molecular weight excluding hydrogens is 328 g/mol. The molecule has 26 heavy (non-hydrogen) atoms. The fourth-order valence-corrected chi connectivity index (χ4v) is 2.95. The van der Waals surface area contributed by atoms with Crippen LogP contribution in [0.2, 0.25) is 0 Å². The summed E-state index contributed by atoms with van der Waals surface area (Å²) in [6.45, 7) is 2.23. The van der Waals surface area contributed by atoms with Gasteiger partial charge in [0.1, 0.15) is 5.75 Å². The Balaban J connectivity index is 1.89. The van der Waals surface area contributed by atoms with E-state index in [4.69, 9.17) is 4.74 Å². The zero-order chi connectivity index (χ0) is 18.4. The molecule has 3 rings (SSSR count). The first-order valence-corrected chi connectivity index (χ1v) is 8.61. The number of methoxy groups -OCH3 is 1. The third kappa shape index (κ3) is 4.11. The highest BCUT2D eigenvalue weighted by molar-refractivity contribution is 6.24. The normalized spacial score (nSPS) is 14.9. The van der Waals surface area contributed by atoms with Crippen molar-refractivity contribution in [1.29, 1.82) is 0 Å². The van der Waals surface area contributed by atoms with Crippen LogP contribution in [0.1, 0.15) is 11.1 Å². The standard InChI is InChI=1S/C21H22N2O3/c1-26-19-9-7-17(8-10-19)15-20(18-5-3-2-4-6-18)21(25)23-13-11-22(16-24)12-14-23/h2-10,15-16H,11-14H2,1H3/b20-15+. The Morgan fingerprint density at radius 3 is 2.19 bits per heavy atom. The van der Waals surface area contributed by atoms with Crippen molar-refractivity contribution < 1.29 is 14.3 Å². The second-order valence-electron chi connectivity index (χ2n) is 6.13. The van der Waals surface area contributed by atoms with Gasteiger partial charge in [-0.3, -0.25) is 9.59 Å². The van der Waals surface area contributed by atoms with E-state index in [-0.39, 0.29) is 5.91 Å². The van der Waals surface area contributed by atoms with Gasteiger partial charge in [0.05, 0.1) is 7.11 Å². The number of benzene rings is 2. The highest BCUT2D eigenvalue weighted by atomic mass is 16.5. The molecule has 0 radical (unpaired) electrons. The summed E-state index contributed by atoms with van der Waals surface area (Å²) < 4.78 is 5.19. The number of piperazine rings is 1. The summed E-state index contributed by atoms with van der Waals surface area (Å²) >= 11 is 0. The SMILES string of the molecule is COc1ccc(/C=C(/C(=O)N2CCN(C=O)CC2)c2ccccc2)cc1. The first-order valence-electron chi connectivity index (χ1n) is 8.61. The largest absolute Gasteiger partial charge is 0.497 e. The highest BCUT2D eigenvalue weighted by Gasteiger charge is 2.23. The van der Waals surface area contributed by atoms with E-state index >= 15 is 0 Å². The van der Waals surface area contributed by atoms with Crippen LogP contribution in [0.5, 0.6) is 5.75 Å². The van der Waals surface area contributed by atoms with Crippen LogP contribution in [-0.4, -0.2) is 55.4 Å². The van der Waals surface area contributed by atoms with E-state index in [2.05, 4.69) is 0 Å². The number of amides is 2. The predicted molar refractivity (Wildman–Crippen MR) is 102 cm³/mol. The van der Waals surface area contributed by atoms with E-state index in [9.17, 15) is 9.59 Å². The Morgan fingerprint density at radius 2 is 1.62 bits per heavy atom. The molecule has 1 aliphatic heterocycles. The van der Waals surface area contributed by atoms with Gasteiger partial charge in [-0.2, -0.15) is 0 Å². The molecule has 5 heteroatoms. The molecule has 0 aromatic heterocycles. The Bertz CT molecular complexity index is 777. The number of rotatable bonds is 5. The van der Waals surface area contributed by atoms with Gasteiger partial charge in [-0.1, -0.05) is 42.5 Å². The lowest BCUT2D eigenvalue weighted by atomic mass is 10.0. The van der Waals surface area contributed by atoms with Crippen LogP contribution in [0, 0.1) is 0 Å². The lowest BCUT2D eigenvalue weighted by molar-refractivity contribution is -0.130. The smallest absolute Gasteiger partial charge is 0.254 e. The zero-order valence-corrected chi connectivity index (χ0v) is 14.8. The minimum Gasteiger partial charge on any atom is -0.497 e. The first kappa shape index (κ1) is 17.7. The second kappa shape index (κ2) is 8.34. The molecule has 1 saturated heterocycles. The molecule has 0 N–H and O–H groups in total. The van der Waals surface area contributed by atoms with Gasteiger partial charge in [0.2, 0.25) is 6.41 Å². The van der Waals surface area contributed by atoms with Crippen molar-refractivity contribution in [1.82, 2.24) is 9.80 Å². The third-order valence-corrected chi connectivity index (χ3v) is 4.49. The minimum atomic E-state index is -0.0161. The van der Waals surface area contributed by atoms with E-state index in [1.807, 2.05) is 65.6 Å². The summed E-state index contributed by atoms with van der Waals surface area (Å²) in [5.74, 6) is 0.761. The van der Waals surface area contributed by atoms with Crippen molar-refractivity contribution in [2.75, 3.05) is 33.3 Å². The van der Waals surface area contributed by atoms with Gasteiger partial charge >= 0.3 is 0 Å². The maximum Gasteiger partial charge on any atom is 0.254 e. The van der Waals surface area contributed by atoms with E-state index in [0.717, 1.165) is 23.3 Å². The van der Waals surface area contributed by atoms with Gasteiger partial charge in [0.15, 0.2) is 0 Å². The lowest BCUT2D eigenvalue weighted by Gasteiger charge is -2.33. The Hall–Kier alpha value is -3.08. The van der Waals surface area contributed by atoms with Crippen LogP contribution in [0.15, 0.2) is 54.6 Å². The van der Waals surface area contributed by atoms with E-state index in [1.165, 1.54) is 0 Å². The number of nitrogens with zero attached hydrogens (tertiary/aromatic N) is 2. The molecule has 1 aliphatic rings. The van der Waals surface area contributed by atoms with Crippen LogP contribution < -0.4 is 4.74 Å². The summed E-state index contributed by atoms with van der Waals surface area (Å²) in [6, 6.07) is 17.3. The van der Waals surface area contributed by atoms with Crippen molar-refractivity contribution in [2.24, 2.45) is 0 Å². The van der Waals surface area contributed by atoms with E-state index in [1.54, 1.807) is 12.0 Å². The summed E-state index contributed by atoms with van der Waals surface area (Å²) in [6.07, 6.45) is 2.75. The number of carbonyl (C=O) groups is 2. The van der Waals surface area contributed by atoms with Gasteiger partial charge in [0, 0.05) is 31.8 Å². The molecule has 134 valence electrons. The zero-order valence-electron chi connectivity index (χ0n) is 14.8. The highest BCUT2D eigenvalue weighted by Crippen LogP contribution is 2.23. The quantitative estimate of drug-likeness (QED) is 0.473. The molecule has 0 atom stereocenters. The molecular formula is C21H22N2O3. The predicted octanol–water partition coefficient (Wildman–Crippen LogP) is 2.54. The van der Waals surface area contributed by atoms with Crippen molar-refractivity contribution in [3.8, 4) is 5.75 Å². The molecule has 0 unspecified atom stereocenters. The monoisotopic (exact) mass is 350 g/mol. The first-order chi connectivity index (χ1) is 12.7. The number of carbonyl (C=O) groups excluding carboxylic acids is 2. The molecule has 1 heterocycles. The molecule has 2 aromatic carbocycles. The van der Waals surface area contributed by atoms with E-state index in [0.29, 0.717) is 31.8 Å². The molecule has 0 saturated carbocycles. The average Bonchev–Trinajstić information content (AvgIpc) is 2.72. The summed E-state index contributed by atoms with van der Waals surface area (Å²) in [5, 5.41) is 0. The van der Waals surface area contributed by atoms with Crippen LogP contribution in [0.25, 0.3) is 11.6 Å². The summed E-state index contributed by atoms with van der Waals surface area (Å²) in [7, 11) is 1.63. The van der Waals surface area contributed by atoms with Gasteiger partial charge in [-0.15, -0.1) is 0 Å². The van der Waals surface area contributed by atoms with Crippen molar-refractivity contribution in [2.45, 2.75) is 0 Å². The lowest BCUT2D eigenvalue weighted by Crippen LogP contribution is -2.48. The van der Waals surface area contributed by atoms with Gasteiger partial charge in [-0.25, -0.2) is 0 Å². The maximum absolute atomic E-state index is 13.1. The van der Waals surface area contributed by atoms with Crippen LogP contribution >= 0.6 is 0 Å². The average molecular weight is 350 g/mol. The van der Waals surface area contributed by atoms with Crippen molar-refractivity contribution >= 4 is 24.0 Å². The molecule has 5 nitrogen and oxygen atoms in total. The second-order valence-corrected chi connectivity index (χ2v) is 6.13. The van der Waals surface area contributed by atoms with Crippen molar-refractivity contribution in [3.05, 3.63) is 65.7 Å². The minimum absolute atomic E-state index is 0.0161. The molecule has 0 aliphatic carbocycles. The number of hydrogen-bond donors (Lipinski definition) is 0. The van der Waals surface area contributed by atoms with Crippen LogP contribution in [-0.2, 0) is 9.59 Å².